The Bertz CT molecular complexity index is 690. The fraction of sp³-hybridized carbons (Fsp3) is 0.125. The molecule has 0 bridgehead atoms. The van der Waals surface area contributed by atoms with E-state index in [1.165, 1.54) is 0 Å². The number of halogens is 1. The van der Waals surface area contributed by atoms with Crippen molar-refractivity contribution in [3.63, 3.8) is 0 Å². The van der Waals surface area contributed by atoms with E-state index in [1.807, 2.05) is 25.1 Å². The first kappa shape index (κ1) is 14.9. The standard InChI is InChI=1S/C16H14ClN3O/c1-11-14(17)3-2-4-15(11)19-10-16(21)20-13-7-5-12(9-18)6-8-13/h2-8,19H,10H2,1H3,(H,20,21). The Kier molecular flexibility index (Phi) is 4.81. The van der Waals surface area contributed by atoms with Gasteiger partial charge in [0.05, 0.1) is 18.2 Å². The number of nitrogens with one attached hydrogen (secondary N) is 2. The van der Waals surface area contributed by atoms with Gasteiger partial charge in [0, 0.05) is 16.4 Å². The van der Waals surface area contributed by atoms with E-state index < -0.39 is 0 Å². The first-order chi connectivity index (χ1) is 10.1. The number of hydrogen-bond donors (Lipinski definition) is 2. The Morgan fingerprint density at radius 1 is 1.24 bits per heavy atom. The largest absolute Gasteiger partial charge is 0.376 e. The number of carbonyl (C=O) groups is 1. The molecule has 2 aromatic rings. The summed E-state index contributed by atoms with van der Waals surface area (Å²) in [7, 11) is 0. The lowest BCUT2D eigenvalue weighted by atomic mass is 10.2. The van der Waals surface area contributed by atoms with Crippen molar-refractivity contribution in [2.45, 2.75) is 6.92 Å². The Labute approximate surface area is 128 Å². The average Bonchev–Trinajstić information content (AvgIpc) is 2.49. The Morgan fingerprint density at radius 2 is 1.95 bits per heavy atom. The molecule has 0 fully saturated rings. The summed E-state index contributed by atoms with van der Waals surface area (Å²) >= 11 is 6.02. The van der Waals surface area contributed by atoms with Crippen molar-refractivity contribution in [2.75, 3.05) is 17.2 Å². The van der Waals surface area contributed by atoms with Gasteiger partial charge in [-0.25, -0.2) is 0 Å². The fourth-order valence-electron chi connectivity index (χ4n) is 1.81. The first-order valence-corrected chi connectivity index (χ1v) is 6.77. The first-order valence-electron chi connectivity index (χ1n) is 6.39. The van der Waals surface area contributed by atoms with Gasteiger partial charge in [0.2, 0.25) is 5.91 Å². The number of rotatable bonds is 4. The molecule has 0 unspecified atom stereocenters. The highest BCUT2D eigenvalue weighted by Gasteiger charge is 2.05. The number of anilines is 2. The van der Waals surface area contributed by atoms with Crippen LogP contribution in [-0.4, -0.2) is 12.5 Å². The number of benzene rings is 2. The van der Waals surface area contributed by atoms with Crippen molar-refractivity contribution in [3.8, 4) is 6.07 Å². The number of hydrogen-bond acceptors (Lipinski definition) is 3. The van der Waals surface area contributed by atoms with Crippen LogP contribution in [0.15, 0.2) is 42.5 Å². The predicted molar refractivity (Wildman–Crippen MR) is 84.5 cm³/mol. The fourth-order valence-corrected chi connectivity index (χ4v) is 1.98. The number of nitriles is 1. The lowest BCUT2D eigenvalue weighted by Crippen LogP contribution is -2.22. The molecule has 0 aliphatic rings. The lowest BCUT2D eigenvalue weighted by molar-refractivity contribution is -0.114. The van der Waals surface area contributed by atoms with Gasteiger partial charge in [0.1, 0.15) is 0 Å². The van der Waals surface area contributed by atoms with Crippen LogP contribution >= 0.6 is 11.6 Å². The van der Waals surface area contributed by atoms with Crippen LogP contribution in [0.1, 0.15) is 11.1 Å². The Balaban J connectivity index is 1.93. The SMILES string of the molecule is Cc1c(Cl)cccc1NCC(=O)Nc1ccc(C#N)cc1. The molecule has 1 amide bonds. The number of nitrogens with zero attached hydrogens (tertiary/aromatic N) is 1. The van der Waals surface area contributed by atoms with Gasteiger partial charge in [0.25, 0.3) is 0 Å². The summed E-state index contributed by atoms with van der Waals surface area (Å²) in [6, 6.07) is 14.2. The molecule has 0 aromatic heterocycles. The van der Waals surface area contributed by atoms with Gasteiger partial charge in [-0.05, 0) is 48.9 Å². The normalized spacial score (nSPS) is 9.76. The molecule has 0 spiro atoms. The maximum atomic E-state index is 11.9. The molecule has 0 atom stereocenters. The highest BCUT2D eigenvalue weighted by Crippen LogP contribution is 2.22. The minimum Gasteiger partial charge on any atom is -0.376 e. The van der Waals surface area contributed by atoms with Gasteiger partial charge in [0.15, 0.2) is 0 Å². The molecule has 0 radical (unpaired) electrons. The molecule has 2 aromatic carbocycles. The summed E-state index contributed by atoms with van der Waals surface area (Å²) in [5.41, 5.74) is 2.95. The van der Waals surface area contributed by atoms with E-state index in [9.17, 15) is 4.79 Å². The zero-order valence-corrected chi connectivity index (χ0v) is 12.2. The maximum Gasteiger partial charge on any atom is 0.243 e. The second-order valence-corrected chi connectivity index (χ2v) is 4.91. The molecule has 2 N–H and O–H groups in total. The van der Waals surface area contributed by atoms with Crippen LogP contribution < -0.4 is 10.6 Å². The third-order valence-corrected chi connectivity index (χ3v) is 3.41. The second kappa shape index (κ2) is 6.78. The molecular formula is C16H14ClN3O. The van der Waals surface area contributed by atoms with Crippen LogP contribution in [0.5, 0.6) is 0 Å². The zero-order chi connectivity index (χ0) is 15.2. The van der Waals surface area contributed by atoms with Crippen LogP contribution in [0.3, 0.4) is 0 Å². The van der Waals surface area contributed by atoms with Gasteiger partial charge in [-0.3, -0.25) is 4.79 Å². The molecule has 4 nitrogen and oxygen atoms in total. The summed E-state index contributed by atoms with van der Waals surface area (Å²) in [5, 5.41) is 15.2. The predicted octanol–water partition coefficient (Wildman–Crippen LogP) is 3.57. The van der Waals surface area contributed by atoms with Crippen LogP contribution in [0.4, 0.5) is 11.4 Å². The van der Waals surface area contributed by atoms with Crippen LogP contribution in [0.2, 0.25) is 5.02 Å². The summed E-state index contributed by atoms with van der Waals surface area (Å²) in [6.07, 6.45) is 0. The number of amides is 1. The van der Waals surface area contributed by atoms with Gasteiger partial charge in [-0.1, -0.05) is 17.7 Å². The molecule has 106 valence electrons. The molecule has 0 heterocycles. The summed E-state index contributed by atoms with van der Waals surface area (Å²) in [6.45, 7) is 2.03. The smallest absolute Gasteiger partial charge is 0.243 e. The zero-order valence-electron chi connectivity index (χ0n) is 11.5. The molecule has 2 rings (SSSR count). The highest BCUT2D eigenvalue weighted by molar-refractivity contribution is 6.31. The quantitative estimate of drug-likeness (QED) is 0.907. The van der Waals surface area contributed by atoms with Gasteiger partial charge in [-0.2, -0.15) is 5.26 Å². The molecule has 0 saturated carbocycles. The lowest BCUT2D eigenvalue weighted by Gasteiger charge is -2.11. The average molecular weight is 300 g/mol. The molecule has 0 aliphatic carbocycles. The highest BCUT2D eigenvalue weighted by atomic mass is 35.5. The third kappa shape index (κ3) is 3.98. The minimum absolute atomic E-state index is 0.140. The molecule has 0 aliphatic heterocycles. The van der Waals surface area contributed by atoms with Crippen molar-refractivity contribution in [2.24, 2.45) is 0 Å². The molecule has 21 heavy (non-hydrogen) atoms. The number of carbonyl (C=O) groups excluding carboxylic acids is 1. The topological polar surface area (TPSA) is 64.9 Å². The summed E-state index contributed by atoms with van der Waals surface area (Å²) in [5.74, 6) is -0.168. The summed E-state index contributed by atoms with van der Waals surface area (Å²) < 4.78 is 0. The van der Waals surface area contributed by atoms with E-state index in [-0.39, 0.29) is 12.5 Å². The molecular weight excluding hydrogens is 286 g/mol. The van der Waals surface area contributed by atoms with Crippen molar-refractivity contribution in [3.05, 3.63) is 58.6 Å². The van der Waals surface area contributed by atoms with Crippen LogP contribution in [-0.2, 0) is 4.79 Å². The third-order valence-electron chi connectivity index (χ3n) is 3.00. The van der Waals surface area contributed by atoms with Gasteiger partial charge in [-0.15, -0.1) is 0 Å². The van der Waals surface area contributed by atoms with Crippen molar-refractivity contribution in [1.29, 1.82) is 5.26 Å². The summed E-state index contributed by atoms with van der Waals surface area (Å²) in [4.78, 5) is 11.9. The van der Waals surface area contributed by atoms with Crippen LogP contribution in [0, 0.1) is 18.3 Å². The maximum absolute atomic E-state index is 11.9. The Morgan fingerprint density at radius 3 is 2.62 bits per heavy atom. The van der Waals surface area contributed by atoms with Crippen molar-refractivity contribution >= 4 is 28.9 Å². The molecule has 0 saturated heterocycles. The van der Waals surface area contributed by atoms with Crippen molar-refractivity contribution < 1.29 is 4.79 Å². The van der Waals surface area contributed by atoms with E-state index in [4.69, 9.17) is 16.9 Å². The van der Waals surface area contributed by atoms with Gasteiger partial charge >= 0.3 is 0 Å². The van der Waals surface area contributed by atoms with Crippen molar-refractivity contribution in [1.82, 2.24) is 0 Å². The van der Waals surface area contributed by atoms with E-state index in [2.05, 4.69) is 10.6 Å². The second-order valence-electron chi connectivity index (χ2n) is 4.50. The van der Waals surface area contributed by atoms with E-state index in [1.54, 1.807) is 30.3 Å². The minimum atomic E-state index is -0.168. The van der Waals surface area contributed by atoms with E-state index in [0.29, 0.717) is 16.3 Å². The Hall–Kier alpha value is -2.51. The monoisotopic (exact) mass is 299 g/mol. The van der Waals surface area contributed by atoms with Crippen LogP contribution in [0.25, 0.3) is 0 Å². The van der Waals surface area contributed by atoms with E-state index >= 15 is 0 Å². The van der Waals surface area contributed by atoms with E-state index in [0.717, 1.165) is 11.3 Å². The molecule has 5 heteroatoms. The van der Waals surface area contributed by atoms with Gasteiger partial charge < -0.3 is 10.6 Å².